The highest BCUT2D eigenvalue weighted by Crippen LogP contribution is 2.52. The molecular weight excluding hydrogens is 913 g/mol. The normalized spacial score (nSPS) is 12.1. The maximum atomic E-state index is 12.7. The Hall–Kier alpha value is -9.18. The van der Waals surface area contributed by atoms with Crippen molar-refractivity contribution in [3.8, 4) is 40.1 Å². The standard InChI is InChI=1S/C69H54N6/c1-38-13-21-57-47(29-38)48-30-39(2)14-22-58(48)72(57)66-55(37-70)65(56-12-10-11-46(9)71-56)67(73-59-23-15-40(3)31-49(59)50-32-41(4)16-24-60(50)73)69(75-63-27-19-44(7)35-53(63)54-36-45(8)20-28-64(54)75)68(66)74-61-25-17-42(5)33-51(61)52-34-43(6)18-26-62(52)74/h10-36H,1-9H3. The molecule has 0 spiro atoms. The third-order valence-corrected chi connectivity index (χ3v) is 15.9. The number of benzene rings is 9. The predicted octanol–water partition coefficient (Wildman–Crippen LogP) is 17.8. The Morgan fingerprint density at radius 1 is 0.307 bits per heavy atom. The second-order valence-corrected chi connectivity index (χ2v) is 21.4. The lowest BCUT2D eigenvalue weighted by molar-refractivity contribution is 1.02. The Morgan fingerprint density at radius 2 is 0.560 bits per heavy atom. The number of hydrogen-bond donors (Lipinski definition) is 0. The Bertz CT molecular complexity index is 4650. The Balaban J connectivity index is 1.39. The molecule has 6 nitrogen and oxygen atoms in total. The van der Waals surface area contributed by atoms with Crippen LogP contribution in [0.15, 0.2) is 164 Å². The molecule has 360 valence electrons. The lowest BCUT2D eigenvalue weighted by atomic mass is 9.94. The van der Waals surface area contributed by atoms with Crippen molar-refractivity contribution in [1.82, 2.24) is 23.3 Å². The summed E-state index contributed by atoms with van der Waals surface area (Å²) in [6.07, 6.45) is 0. The van der Waals surface area contributed by atoms with Crippen LogP contribution in [0.2, 0.25) is 0 Å². The van der Waals surface area contributed by atoms with Crippen LogP contribution in [0, 0.1) is 73.6 Å². The molecule has 0 radical (unpaired) electrons. The van der Waals surface area contributed by atoms with E-state index >= 15 is 0 Å². The molecule has 14 aromatic rings. The van der Waals surface area contributed by atoms with E-state index in [1.807, 2.05) is 0 Å². The lowest BCUT2D eigenvalue weighted by Crippen LogP contribution is -2.17. The van der Waals surface area contributed by atoms with Crippen molar-refractivity contribution < 1.29 is 0 Å². The molecule has 0 amide bonds. The Morgan fingerprint density at radius 3 is 0.827 bits per heavy atom. The highest BCUT2D eigenvalue weighted by atomic mass is 15.1. The van der Waals surface area contributed by atoms with Crippen LogP contribution in [0.4, 0.5) is 0 Å². The maximum absolute atomic E-state index is 12.7. The molecule has 0 aliphatic carbocycles. The first-order valence-corrected chi connectivity index (χ1v) is 26.0. The minimum Gasteiger partial charge on any atom is -0.306 e. The van der Waals surface area contributed by atoms with Gasteiger partial charge in [-0.1, -0.05) is 99.1 Å². The highest BCUT2D eigenvalue weighted by molar-refractivity contribution is 6.17. The fourth-order valence-corrected chi connectivity index (χ4v) is 12.6. The molecule has 5 aromatic heterocycles. The number of rotatable bonds is 5. The quantitative estimate of drug-likeness (QED) is 0.173. The molecule has 0 aliphatic rings. The monoisotopic (exact) mass is 966 g/mol. The van der Waals surface area contributed by atoms with Crippen molar-refractivity contribution in [2.45, 2.75) is 62.3 Å². The van der Waals surface area contributed by atoms with Gasteiger partial charge in [0.25, 0.3) is 0 Å². The molecule has 5 heterocycles. The average molecular weight is 967 g/mol. The summed E-state index contributed by atoms with van der Waals surface area (Å²) >= 11 is 0. The maximum Gasteiger partial charge on any atom is 0.102 e. The van der Waals surface area contributed by atoms with Crippen molar-refractivity contribution >= 4 is 87.2 Å². The van der Waals surface area contributed by atoms with E-state index in [-0.39, 0.29) is 0 Å². The van der Waals surface area contributed by atoms with Gasteiger partial charge in [-0.15, -0.1) is 0 Å². The first kappa shape index (κ1) is 44.5. The molecule has 6 heteroatoms. The van der Waals surface area contributed by atoms with Crippen molar-refractivity contribution in [3.63, 3.8) is 0 Å². The van der Waals surface area contributed by atoms with Gasteiger partial charge in [-0.3, -0.25) is 4.98 Å². The van der Waals surface area contributed by atoms with E-state index in [4.69, 9.17) is 4.98 Å². The lowest BCUT2D eigenvalue weighted by Gasteiger charge is -2.29. The van der Waals surface area contributed by atoms with E-state index in [1.165, 1.54) is 44.5 Å². The van der Waals surface area contributed by atoms with Gasteiger partial charge in [-0.05, 0) is 172 Å². The summed E-state index contributed by atoms with van der Waals surface area (Å²) < 4.78 is 9.90. The summed E-state index contributed by atoms with van der Waals surface area (Å²) in [5.41, 5.74) is 24.1. The van der Waals surface area contributed by atoms with E-state index in [0.717, 1.165) is 127 Å². The molecule has 0 unspecified atom stereocenters. The molecule has 0 N–H and O–H groups in total. The second-order valence-electron chi connectivity index (χ2n) is 21.4. The van der Waals surface area contributed by atoms with E-state index in [0.29, 0.717) is 5.56 Å². The number of aryl methyl sites for hydroxylation is 9. The first-order chi connectivity index (χ1) is 36.3. The van der Waals surface area contributed by atoms with Gasteiger partial charge in [0.15, 0.2) is 0 Å². The van der Waals surface area contributed by atoms with Gasteiger partial charge >= 0.3 is 0 Å². The van der Waals surface area contributed by atoms with Crippen LogP contribution in [0.3, 0.4) is 0 Å². The minimum atomic E-state index is 0.526. The zero-order valence-electron chi connectivity index (χ0n) is 43.8. The number of nitriles is 1. The summed E-state index contributed by atoms with van der Waals surface area (Å²) in [6.45, 7) is 19.5. The van der Waals surface area contributed by atoms with Gasteiger partial charge in [0.05, 0.1) is 78.1 Å². The Labute approximate surface area is 435 Å². The highest BCUT2D eigenvalue weighted by Gasteiger charge is 2.35. The first-order valence-electron chi connectivity index (χ1n) is 26.0. The number of fused-ring (bicyclic) bond motifs is 12. The van der Waals surface area contributed by atoms with E-state index in [1.54, 1.807) is 0 Å². The molecule has 0 saturated heterocycles. The average Bonchev–Trinajstić information content (AvgIpc) is 4.28. The smallest absolute Gasteiger partial charge is 0.102 e. The molecule has 0 atom stereocenters. The van der Waals surface area contributed by atoms with Crippen LogP contribution >= 0.6 is 0 Å². The Kier molecular flexibility index (Phi) is 9.59. The van der Waals surface area contributed by atoms with Crippen LogP contribution in [-0.2, 0) is 0 Å². The van der Waals surface area contributed by atoms with Gasteiger partial charge in [-0.2, -0.15) is 5.26 Å². The van der Waals surface area contributed by atoms with Crippen molar-refractivity contribution in [2.75, 3.05) is 0 Å². The van der Waals surface area contributed by atoms with Gasteiger partial charge < -0.3 is 18.3 Å². The summed E-state index contributed by atoms with van der Waals surface area (Å²) in [5, 5.41) is 21.9. The number of hydrogen-bond acceptors (Lipinski definition) is 2. The number of nitrogens with zero attached hydrogens (tertiary/aromatic N) is 6. The van der Waals surface area contributed by atoms with Crippen LogP contribution in [0.5, 0.6) is 0 Å². The van der Waals surface area contributed by atoms with Crippen LogP contribution in [0.1, 0.15) is 55.8 Å². The predicted molar refractivity (Wildman–Crippen MR) is 314 cm³/mol. The summed E-state index contributed by atoms with van der Waals surface area (Å²) in [5.74, 6) is 0. The second kappa shape index (κ2) is 16.2. The van der Waals surface area contributed by atoms with Crippen molar-refractivity contribution in [1.29, 1.82) is 5.26 Å². The summed E-state index contributed by atoms with van der Waals surface area (Å²) in [6, 6.07) is 63.9. The molecule has 14 rings (SSSR count). The van der Waals surface area contributed by atoms with Gasteiger partial charge in [0, 0.05) is 54.3 Å². The minimum absolute atomic E-state index is 0.526. The SMILES string of the molecule is Cc1ccc2c(c1)c1cc(C)ccc1n2-c1c(C#N)c(-c2cccc(C)n2)c(-n2c3ccc(C)cc3c3cc(C)ccc32)c(-n2c3ccc(C)cc3c3cc(C)ccc32)c1-n1c2ccc(C)cc2c2cc(C)ccc21. The molecule has 0 bridgehead atoms. The fourth-order valence-electron chi connectivity index (χ4n) is 12.6. The fraction of sp³-hybridized carbons (Fsp3) is 0.130. The molecular formula is C69H54N6. The van der Waals surface area contributed by atoms with E-state index < -0.39 is 0 Å². The van der Waals surface area contributed by atoms with E-state index in [9.17, 15) is 5.26 Å². The molecule has 0 fully saturated rings. The zero-order chi connectivity index (χ0) is 51.3. The zero-order valence-corrected chi connectivity index (χ0v) is 43.8. The summed E-state index contributed by atoms with van der Waals surface area (Å²) in [7, 11) is 0. The summed E-state index contributed by atoms with van der Waals surface area (Å²) in [4.78, 5) is 5.47. The third kappa shape index (κ3) is 6.47. The number of pyridine rings is 1. The molecule has 0 aliphatic heterocycles. The molecule has 9 aromatic carbocycles. The van der Waals surface area contributed by atoms with Crippen molar-refractivity contribution in [3.05, 3.63) is 220 Å². The molecule has 0 saturated carbocycles. The topological polar surface area (TPSA) is 56.4 Å². The van der Waals surface area contributed by atoms with Crippen LogP contribution in [0.25, 0.3) is 121 Å². The van der Waals surface area contributed by atoms with Gasteiger partial charge in [0.1, 0.15) is 6.07 Å². The van der Waals surface area contributed by atoms with E-state index in [2.05, 4.69) is 250 Å². The number of aromatic nitrogens is 5. The van der Waals surface area contributed by atoms with Crippen molar-refractivity contribution in [2.24, 2.45) is 0 Å². The van der Waals surface area contributed by atoms with Crippen LogP contribution < -0.4 is 0 Å². The molecule has 75 heavy (non-hydrogen) atoms. The van der Waals surface area contributed by atoms with Gasteiger partial charge in [-0.25, -0.2) is 0 Å². The van der Waals surface area contributed by atoms with Crippen LogP contribution in [-0.4, -0.2) is 23.3 Å². The largest absolute Gasteiger partial charge is 0.306 e. The third-order valence-electron chi connectivity index (χ3n) is 15.9. The van der Waals surface area contributed by atoms with Gasteiger partial charge in [0.2, 0.25) is 0 Å².